The van der Waals surface area contributed by atoms with E-state index in [0.29, 0.717) is 6.04 Å². The van der Waals surface area contributed by atoms with E-state index in [2.05, 4.69) is 45.1 Å². The molecule has 2 nitrogen and oxygen atoms in total. The molecule has 0 aliphatic heterocycles. The lowest BCUT2D eigenvalue weighted by atomic mass is 10.0. The Morgan fingerprint density at radius 1 is 1.25 bits per heavy atom. The van der Waals surface area contributed by atoms with E-state index in [9.17, 15) is 0 Å². The standard InChI is InChI=1S/C10H24N2/c1-6-10(9(2)3)11-7-8-12(4)5/h9-11H,6-8H2,1-5H3. The molecule has 0 heterocycles. The highest BCUT2D eigenvalue weighted by molar-refractivity contribution is 4.68. The highest BCUT2D eigenvalue weighted by atomic mass is 15.1. The molecule has 0 saturated carbocycles. The van der Waals surface area contributed by atoms with E-state index in [4.69, 9.17) is 0 Å². The van der Waals surface area contributed by atoms with Crippen molar-refractivity contribution in [1.29, 1.82) is 0 Å². The fourth-order valence-electron chi connectivity index (χ4n) is 1.32. The van der Waals surface area contributed by atoms with Gasteiger partial charge in [-0.1, -0.05) is 20.8 Å². The first-order valence-electron chi connectivity index (χ1n) is 4.96. The summed E-state index contributed by atoms with van der Waals surface area (Å²) in [6.07, 6.45) is 1.23. The molecule has 0 aromatic heterocycles. The van der Waals surface area contributed by atoms with Crippen LogP contribution in [0, 0.1) is 5.92 Å². The zero-order valence-corrected chi connectivity index (χ0v) is 9.22. The summed E-state index contributed by atoms with van der Waals surface area (Å²) < 4.78 is 0. The van der Waals surface area contributed by atoms with Crippen molar-refractivity contribution in [2.45, 2.75) is 33.2 Å². The first-order chi connectivity index (χ1) is 5.57. The molecular formula is C10H24N2. The zero-order valence-electron chi connectivity index (χ0n) is 9.22. The number of rotatable bonds is 6. The molecule has 0 bridgehead atoms. The number of nitrogens with one attached hydrogen (secondary N) is 1. The van der Waals surface area contributed by atoms with Gasteiger partial charge in [0, 0.05) is 19.1 Å². The summed E-state index contributed by atoms with van der Waals surface area (Å²) in [5, 5.41) is 3.56. The third-order valence-electron chi connectivity index (χ3n) is 2.21. The fraction of sp³-hybridized carbons (Fsp3) is 1.00. The molecule has 0 rings (SSSR count). The van der Waals surface area contributed by atoms with Crippen LogP contribution in [0.5, 0.6) is 0 Å². The average molecular weight is 172 g/mol. The van der Waals surface area contributed by atoms with Gasteiger partial charge in [0.05, 0.1) is 0 Å². The lowest BCUT2D eigenvalue weighted by Crippen LogP contribution is -2.37. The van der Waals surface area contributed by atoms with Crippen molar-refractivity contribution in [1.82, 2.24) is 10.2 Å². The predicted molar refractivity (Wildman–Crippen MR) is 55.5 cm³/mol. The summed E-state index contributed by atoms with van der Waals surface area (Å²) >= 11 is 0. The van der Waals surface area contributed by atoms with E-state index in [1.54, 1.807) is 0 Å². The van der Waals surface area contributed by atoms with Crippen molar-refractivity contribution in [2.75, 3.05) is 27.2 Å². The van der Waals surface area contributed by atoms with Crippen LogP contribution in [0.4, 0.5) is 0 Å². The minimum atomic E-state index is 0.685. The van der Waals surface area contributed by atoms with Crippen LogP contribution in [0.25, 0.3) is 0 Å². The van der Waals surface area contributed by atoms with Crippen LogP contribution in [0.3, 0.4) is 0 Å². The molecule has 0 fully saturated rings. The Balaban J connectivity index is 3.45. The van der Waals surface area contributed by atoms with Crippen LogP contribution in [-0.2, 0) is 0 Å². The maximum absolute atomic E-state index is 3.56. The Kier molecular flexibility index (Phi) is 6.39. The molecule has 1 atom stereocenters. The second-order valence-electron chi connectivity index (χ2n) is 4.02. The van der Waals surface area contributed by atoms with Crippen molar-refractivity contribution in [3.05, 3.63) is 0 Å². The molecule has 1 unspecified atom stereocenters. The third kappa shape index (κ3) is 5.56. The van der Waals surface area contributed by atoms with Gasteiger partial charge in [0.1, 0.15) is 0 Å². The van der Waals surface area contributed by atoms with Gasteiger partial charge in [0.2, 0.25) is 0 Å². The van der Waals surface area contributed by atoms with E-state index in [1.165, 1.54) is 6.42 Å². The highest BCUT2D eigenvalue weighted by Crippen LogP contribution is 2.04. The number of hydrogen-bond donors (Lipinski definition) is 1. The van der Waals surface area contributed by atoms with Gasteiger partial charge in [0.25, 0.3) is 0 Å². The Hall–Kier alpha value is -0.0800. The zero-order chi connectivity index (χ0) is 9.56. The van der Waals surface area contributed by atoms with Gasteiger partial charge >= 0.3 is 0 Å². The van der Waals surface area contributed by atoms with Gasteiger partial charge in [0.15, 0.2) is 0 Å². The van der Waals surface area contributed by atoms with Gasteiger partial charge in [-0.3, -0.25) is 0 Å². The van der Waals surface area contributed by atoms with E-state index in [1.807, 2.05) is 0 Å². The Morgan fingerprint density at radius 3 is 2.17 bits per heavy atom. The smallest absolute Gasteiger partial charge is 0.0101 e. The summed E-state index contributed by atoms with van der Waals surface area (Å²) in [4.78, 5) is 2.21. The van der Waals surface area contributed by atoms with Crippen molar-refractivity contribution >= 4 is 0 Å². The third-order valence-corrected chi connectivity index (χ3v) is 2.21. The maximum atomic E-state index is 3.56. The molecule has 0 aliphatic rings. The van der Waals surface area contributed by atoms with E-state index in [-0.39, 0.29) is 0 Å². The summed E-state index contributed by atoms with van der Waals surface area (Å²) in [7, 11) is 4.22. The van der Waals surface area contributed by atoms with Crippen LogP contribution in [-0.4, -0.2) is 38.1 Å². The van der Waals surface area contributed by atoms with E-state index in [0.717, 1.165) is 19.0 Å². The molecule has 12 heavy (non-hydrogen) atoms. The molecule has 74 valence electrons. The van der Waals surface area contributed by atoms with Gasteiger partial charge in [-0.25, -0.2) is 0 Å². The summed E-state index contributed by atoms with van der Waals surface area (Å²) in [6, 6.07) is 0.685. The Bertz CT molecular complexity index is 100. The Labute approximate surface area is 77.3 Å². The molecule has 1 N–H and O–H groups in total. The second kappa shape index (κ2) is 6.44. The van der Waals surface area contributed by atoms with Crippen LogP contribution >= 0.6 is 0 Å². The largest absolute Gasteiger partial charge is 0.312 e. The monoisotopic (exact) mass is 172 g/mol. The van der Waals surface area contributed by atoms with Crippen LogP contribution < -0.4 is 5.32 Å². The van der Waals surface area contributed by atoms with Crippen molar-refractivity contribution in [3.8, 4) is 0 Å². The van der Waals surface area contributed by atoms with Crippen molar-refractivity contribution in [2.24, 2.45) is 5.92 Å². The molecule has 0 amide bonds. The molecule has 2 heteroatoms. The number of likely N-dealkylation sites (N-methyl/N-ethyl adjacent to an activating group) is 1. The van der Waals surface area contributed by atoms with Crippen LogP contribution in [0.2, 0.25) is 0 Å². The Morgan fingerprint density at radius 2 is 1.83 bits per heavy atom. The van der Waals surface area contributed by atoms with Crippen LogP contribution in [0.15, 0.2) is 0 Å². The summed E-state index contributed by atoms with van der Waals surface area (Å²) in [5.74, 6) is 0.747. The van der Waals surface area contributed by atoms with Gasteiger partial charge in [-0.05, 0) is 26.4 Å². The fourth-order valence-corrected chi connectivity index (χ4v) is 1.32. The molecule has 0 spiro atoms. The molecule has 0 aromatic carbocycles. The molecular weight excluding hydrogens is 148 g/mol. The van der Waals surface area contributed by atoms with Crippen molar-refractivity contribution in [3.63, 3.8) is 0 Å². The lowest BCUT2D eigenvalue weighted by molar-refractivity contribution is 0.344. The first kappa shape index (κ1) is 11.9. The van der Waals surface area contributed by atoms with Gasteiger partial charge in [-0.15, -0.1) is 0 Å². The quantitative estimate of drug-likeness (QED) is 0.654. The maximum Gasteiger partial charge on any atom is 0.0101 e. The molecule has 0 radical (unpaired) electrons. The number of nitrogens with zero attached hydrogens (tertiary/aromatic N) is 1. The van der Waals surface area contributed by atoms with Crippen LogP contribution in [0.1, 0.15) is 27.2 Å². The number of hydrogen-bond acceptors (Lipinski definition) is 2. The topological polar surface area (TPSA) is 15.3 Å². The first-order valence-corrected chi connectivity index (χ1v) is 4.96. The van der Waals surface area contributed by atoms with Crippen molar-refractivity contribution < 1.29 is 0 Å². The highest BCUT2D eigenvalue weighted by Gasteiger charge is 2.08. The van der Waals surface area contributed by atoms with Gasteiger partial charge in [-0.2, -0.15) is 0 Å². The normalized spacial score (nSPS) is 14.2. The minimum absolute atomic E-state index is 0.685. The van der Waals surface area contributed by atoms with E-state index >= 15 is 0 Å². The summed E-state index contributed by atoms with van der Waals surface area (Å²) in [5.41, 5.74) is 0. The molecule has 0 aromatic rings. The lowest BCUT2D eigenvalue weighted by Gasteiger charge is -2.21. The SMILES string of the molecule is CCC(NCCN(C)C)C(C)C. The molecule has 0 saturated heterocycles. The summed E-state index contributed by atoms with van der Waals surface area (Å²) in [6.45, 7) is 9.02. The van der Waals surface area contributed by atoms with Gasteiger partial charge < -0.3 is 10.2 Å². The second-order valence-corrected chi connectivity index (χ2v) is 4.02. The molecule has 0 aliphatic carbocycles. The predicted octanol–water partition coefficient (Wildman–Crippen LogP) is 1.57. The van der Waals surface area contributed by atoms with E-state index < -0.39 is 0 Å². The minimum Gasteiger partial charge on any atom is -0.312 e. The average Bonchev–Trinajstić information content (AvgIpc) is 1.96.